The van der Waals surface area contributed by atoms with Gasteiger partial charge in [-0.2, -0.15) is 0 Å². The van der Waals surface area contributed by atoms with Crippen LogP contribution in [-0.2, 0) is 12.8 Å². The molecule has 1 aliphatic carbocycles. The van der Waals surface area contributed by atoms with Crippen LogP contribution in [0.4, 0.5) is 16.5 Å². The van der Waals surface area contributed by atoms with Crippen LogP contribution in [0.1, 0.15) is 23.9 Å². The summed E-state index contributed by atoms with van der Waals surface area (Å²) in [5.41, 5.74) is 1.76. The summed E-state index contributed by atoms with van der Waals surface area (Å²) in [6.07, 6.45) is 3.26. The Kier molecular flexibility index (Phi) is 4.53. The Labute approximate surface area is 143 Å². The molecular formula is C15H16N4O2S2. The Morgan fingerprint density at radius 2 is 2.30 bits per heavy atom. The van der Waals surface area contributed by atoms with E-state index in [-0.39, 0.29) is 5.69 Å². The number of benzene rings is 1. The van der Waals surface area contributed by atoms with Crippen molar-refractivity contribution >= 4 is 45.2 Å². The Balaban J connectivity index is 1.66. The van der Waals surface area contributed by atoms with Gasteiger partial charge in [-0.25, -0.2) is 4.98 Å². The van der Waals surface area contributed by atoms with Crippen molar-refractivity contribution in [2.24, 2.45) is 5.92 Å². The van der Waals surface area contributed by atoms with E-state index in [4.69, 9.17) is 12.2 Å². The molecule has 0 aliphatic heterocycles. The molecule has 0 fully saturated rings. The number of nitro benzene ring substituents is 1. The molecule has 2 aromatic rings. The maximum atomic E-state index is 10.8. The van der Waals surface area contributed by atoms with Crippen molar-refractivity contribution in [3.05, 3.63) is 45.0 Å². The Morgan fingerprint density at radius 1 is 1.48 bits per heavy atom. The first kappa shape index (κ1) is 15.8. The third-order valence-corrected chi connectivity index (χ3v) is 4.96. The SMILES string of the molecule is CC1CCc2nc(NC(=S)Nc3cccc([N+](=O)[O-])c3)sc2C1. The molecule has 0 amide bonds. The molecule has 1 aromatic carbocycles. The van der Waals surface area contributed by atoms with Gasteiger partial charge in [0.2, 0.25) is 0 Å². The van der Waals surface area contributed by atoms with Gasteiger partial charge in [-0.15, -0.1) is 11.3 Å². The van der Waals surface area contributed by atoms with E-state index in [9.17, 15) is 10.1 Å². The van der Waals surface area contributed by atoms with Gasteiger partial charge < -0.3 is 10.6 Å². The highest BCUT2D eigenvalue weighted by atomic mass is 32.1. The van der Waals surface area contributed by atoms with Crippen molar-refractivity contribution in [3.8, 4) is 0 Å². The van der Waals surface area contributed by atoms with E-state index in [2.05, 4.69) is 22.5 Å². The maximum Gasteiger partial charge on any atom is 0.271 e. The van der Waals surface area contributed by atoms with Gasteiger partial charge >= 0.3 is 0 Å². The highest BCUT2D eigenvalue weighted by Crippen LogP contribution is 2.32. The molecule has 1 heterocycles. The quantitative estimate of drug-likeness (QED) is 0.496. The minimum atomic E-state index is -0.433. The molecular weight excluding hydrogens is 332 g/mol. The number of non-ortho nitro benzene ring substituents is 1. The summed E-state index contributed by atoms with van der Waals surface area (Å²) in [6, 6.07) is 6.24. The van der Waals surface area contributed by atoms with E-state index in [0.717, 1.165) is 23.7 Å². The molecule has 0 bridgehead atoms. The second kappa shape index (κ2) is 6.59. The zero-order valence-electron chi connectivity index (χ0n) is 12.5. The average molecular weight is 348 g/mol. The first-order valence-corrected chi connectivity index (χ1v) is 8.55. The number of hydrogen-bond acceptors (Lipinski definition) is 5. The predicted octanol–water partition coefficient (Wildman–Crippen LogP) is 3.99. The predicted molar refractivity (Wildman–Crippen MR) is 96.2 cm³/mol. The smallest absolute Gasteiger partial charge is 0.271 e. The molecule has 1 aliphatic rings. The first-order chi connectivity index (χ1) is 11.0. The zero-order valence-corrected chi connectivity index (χ0v) is 14.2. The van der Waals surface area contributed by atoms with E-state index in [1.807, 2.05) is 0 Å². The van der Waals surface area contributed by atoms with Gasteiger partial charge in [-0.3, -0.25) is 10.1 Å². The number of anilines is 2. The van der Waals surface area contributed by atoms with Crippen LogP contribution in [-0.4, -0.2) is 15.0 Å². The zero-order chi connectivity index (χ0) is 16.4. The molecule has 0 spiro atoms. The second-order valence-corrected chi connectivity index (χ2v) is 7.12. The van der Waals surface area contributed by atoms with Crippen molar-refractivity contribution < 1.29 is 4.92 Å². The van der Waals surface area contributed by atoms with Crippen LogP contribution < -0.4 is 10.6 Å². The van der Waals surface area contributed by atoms with Crippen LogP contribution in [0.25, 0.3) is 0 Å². The lowest BCUT2D eigenvalue weighted by Gasteiger charge is -2.15. The van der Waals surface area contributed by atoms with Gasteiger partial charge in [0.1, 0.15) is 0 Å². The molecule has 0 saturated heterocycles. The highest BCUT2D eigenvalue weighted by Gasteiger charge is 2.20. The topological polar surface area (TPSA) is 80.1 Å². The van der Waals surface area contributed by atoms with Gasteiger partial charge in [-0.05, 0) is 43.5 Å². The standard InChI is InChI=1S/C15H16N4O2S2/c1-9-5-6-12-13(7-9)23-15(17-12)18-14(22)16-10-3-2-4-11(8-10)19(20)21/h2-4,8-9H,5-7H2,1H3,(H2,16,17,18,22). The summed E-state index contributed by atoms with van der Waals surface area (Å²) in [5, 5.41) is 18.0. The average Bonchev–Trinajstić information content (AvgIpc) is 2.88. The molecule has 1 atom stereocenters. The largest absolute Gasteiger partial charge is 0.332 e. The van der Waals surface area contributed by atoms with Crippen molar-refractivity contribution in [2.45, 2.75) is 26.2 Å². The van der Waals surface area contributed by atoms with Gasteiger partial charge in [0.05, 0.1) is 10.6 Å². The van der Waals surface area contributed by atoms with Gasteiger partial charge in [0, 0.05) is 22.7 Å². The summed E-state index contributed by atoms with van der Waals surface area (Å²) in [6.45, 7) is 2.25. The summed E-state index contributed by atoms with van der Waals surface area (Å²) in [5.74, 6) is 0.700. The summed E-state index contributed by atoms with van der Waals surface area (Å²) >= 11 is 6.89. The number of nitrogens with zero attached hydrogens (tertiary/aromatic N) is 2. The summed E-state index contributed by atoms with van der Waals surface area (Å²) in [4.78, 5) is 16.3. The lowest BCUT2D eigenvalue weighted by atomic mass is 9.93. The number of aromatic nitrogens is 1. The van der Waals surface area contributed by atoms with Crippen molar-refractivity contribution in [2.75, 3.05) is 10.6 Å². The van der Waals surface area contributed by atoms with Crippen molar-refractivity contribution in [1.82, 2.24) is 4.98 Å². The normalized spacial score (nSPS) is 16.5. The molecule has 3 rings (SSSR count). The number of nitrogens with one attached hydrogen (secondary N) is 2. The van der Waals surface area contributed by atoms with E-state index >= 15 is 0 Å². The molecule has 6 nitrogen and oxygen atoms in total. The van der Waals surface area contributed by atoms with Crippen LogP contribution >= 0.6 is 23.6 Å². The van der Waals surface area contributed by atoms with Crippen molar-refractivity contribution in [3.63, 3.8) is 0 Å². The fourth-order valence-electron chi connectivity index (χ4n) is 2.55. The molecule has 0 saturated carbocycles. The lowest BCUT2D eigenvalue weighted by Crippen LogP contribution is -2.19. The summed E-state index contributed by atoms with van der Waals surface area (Å²) in [7, 11) is 0. The Hall–Kier alpha value is -2.06. The number of thiazole rings is 1. The maximum absolute atomic E-state index is 10.8. The third-order valence-electron chi connectivity index (χ3n) is 3.72. The molecule has 1 aromatic heterocycles. The number of rotatable bonds is 3. The minimum Gasteiger partial charge on any atom is -0.332 e. The molecule has 0 radical (unpaired) electrons. The van der Waals surface area contributed by atoms with E-state index in [1.165, 1.54) is 23.4 Å². The number of fused-ring (bicyclic) bond motifs is 1. The van der Waals surface area contributed by atoms with E-state index < -0.39 is 4.92 Å². The Morgan fingerprint density at radius 3 is 3.09 bits per heavy atom. The minimum absolute atomic E-state index is 0.0245. The van der Waals surface area contributed by atoms with Crippen LogP contribution in [0, 0.1) is 16.0 Å². The molecule has 1 unspecified atom stereocenters. The number of nitro groups is 1. The van der Waals surface area contributed by atoms with Crippen LogP contribution in [0.5, 0.6) is 0 Å². The van der Waals surface area contributed by atoms with Crippen LogP contribution in [0.2, 0.25) is 0 Å². The fourth-order valence-corrected chi connectivity index (χ4v) is 4.00. The second-order valence-electron chi connectivity index (χ2n) is 5.62. The molecule has 120 valence electrons. The molecule has 8 heteroatoms. The van der Waals surface area contributed by atoms with Crippen LogP contribution in [0.15, 0.2) is 24.3 Å². The number of hydrogen-bond donors (Lipinski definition) is 2. The number of aryl methyl sites for hydroxylation is 1. The van der Waals surface area contributed by atoms with Gasteiger partial charge in [0.25, 0.3) is 5.69 Å². The highest BCUT2D eigenvalue weighted by molar-refractivity contribution is 7.80. The first-order valence-electron chi connectivity index (χ1n) is 7.32. The van der Waals surface area contributed by atoms with Crippen LogP contribution in [0.3, 0.4) is 0 Å². The Bertz CT molecular complexity index is 760. The lowest BCUT2D eigenvalue weighted by molar-refractivity contribution is -0.384. The summed E-state index contributed by atoms with van der Waals surface area (Å²) < 4.78 is 0. The monoisotopic (exact) mass is 348 g/mol. The number of thiocarbonyl (C=S) groups is 1. The fraction of sp³-hybridized carbons (Fsp3) is 0.333. The third kappa shape index (κ3) is 3.83. The van der Waals surface area contributed by atoms with E-state index in [0.29, 0.717) is 16.7 Å². The van der Waals surface area contributed by atoms with Crippen molar-refractivity contribution in [1.29, 1.82) is 0 Å². The van der Waals surface area contributed by atoms with Gasteiger partial charge in [-0.1, -0.05) is 13.0 Å². The molecule has 23 heavy (non-hydrogen) atoms. The molecule has 2 N–H and O–H groups in total. The van der Waals surface area contributed by atoms with Gasteiger partial charge in [0.15, 0.2) is 10.2 Å². The van der Waals surface area contributed by atoms with E-state index in [1.54, 1.807) is 23.5 Å².